The highest BCUT2D eigenvalue weighted by molar-refractivity contribution is 6.30. The minimum absolute atomic E-state index is 0.00404. The average molecular weight is 496 g/mol. The molecule has 0 bridgehead atoms. The maximum Gasteiger partial charge on any atom is 0.272 e. The maximum absolute atomic E-state index is 13.6. The maximum atomic E-state index is 13.6. The highest BCUT2D eigenvalue weighted by Gasteiger charge is 2.27. The third-order valence-electron chi connectivity index (χ3n) is 5.94. The van der Waals surface area contributed by atoms with Crippen LogP contribution in [0.1, 0.15) is 16.9 Å². The SMILES string of the molecule is COCCCNC(=O)CN1CCN(C(=O)c2cc(-c3ccc(Cl)cc3)nn2-c2ccccc2)CC1. The molecule has 4 rings (SSSR count). The molecule has 0 unspecified atom stereocenters. The van der Waals surface area contributed by atoms with Crippen LogP contribution >= 0.6 is 11.6 Å². The number of benzene rings is 2. The van der Waals surface area contributed by atoms with E-state index >= 15 is 0 Å². The van der Waals surface area contributed by atoms with Gasteiger partial charge in [-0.25, -0.2) is 4.68 Å². The standard InChI is InChI=1S/C26H30ClN5O3/c1-35-17-5-12-28-25(33)19-30-13-15-31(16-14-30)26(34)24-18-23(20-8-10-21(27)11-9-20)29-32(24)22-6-3-2-4-7-22/h2-4,6-11,18H,5,12-17,19H2,1H3,(H,28,33). The van der Waals surface area contributed by atoms with Gasteiger partial charge >= 0.3 is 0 Å². The molecule has 0 spiro atoms. The quantitative estimate of drug-likeness (QED) is 0.461. The lowest BCUT2D eigenvalue weighted by Crippen LogP contribution is -2.51. The molecule has 1 aliphatic heterocycles. The average Bonchev–Trinajstić information content (AvgIpc) is 3.33. The largest absolute Gasteiger partial charge is 0.385 e. The van der Waals surface area contributed by atoms with Crippen LogP contribution in [-0.2, 0) is 9.53 Å². The van der Waals surface area contributed by atoms with Crippen LogP contribution in [0.25, 0.3) is 16.9 Å². The first-order valence-electron chi connectivity index (χ1n) is 11.7. The Labute approximate surface area is 210 Å². The molecule has 1 aromatic heterocycles. The number of piperazine rings is 1. The molecule has 0 aliphatic carbocycles. The van der Waals surface area contributed by atoms with E-state index in [1.165, 1.54) is 0 Å². The second-order valence-corrected chi connectivity index (χ2v) is 8.87. The molecular formula is C26H30ClN5O3. The van der Waals surface area contributed by atoms with E-state index in [4.69, 9.17) is 21.4 Å². The van der Waals surface area contributed by atoms with E-state index in [9.17, 15) is 9.59 Å². The number of nitrogens with one attached hydrogen (secondary N) is 1. The fourth-order valence-corrected chi connectivity index (χ4v) is 4.16. The molecule has 1 fully saturated rings. The first kappa shape index (κ1) is 24.9. The van der Waals surface area contributed by atoms with E-state index < -0.39 is 0 Å². The van der Waals surface area contributed by atoms with Gasteiger partial charge in [0.1, 0.15) is 5.69 Å². The summed E-state index contributed by atoms with van der Waals surface area (Å²) >= 11 is 6.04. The lowest BCUT2D eigenvalue weighted by molar-refractivity contribution is -0.122. The third-order valence-corrected chi connectivity index (χ3v) is 6.20. The summed E-state index contributed by atoms with van der Waals surface area (Å²) in [6.07, 6.45) is 0.789. The molecule has 0 radical (unpaired) electrons. The van der Waals surface area contributed by atoms with Crippen molar-refractivity contribution in [2.45, 2.75) is 6.42 Å². The topological polar surface area (TPSA) is 79.7 Å². The van der Waals surface area contributed by atoms with Crippen LogP contribution in [0.15, 0.2) is 60.7 Å². The second kappa shape index (κ2) is 12.0. The predicted octanol–water partition coefficient (Wildman–Crippen LogP) is 3.10. The molecule has 2 aromatic carbocycles. The van der Waals surface area contributed by atoms with Crippen molar-refractivity contribution >= 4 is 23.4 Å². The Hall–Kier alpha value is -3.20. The molecular weight excluding hydrogens is 466 g/mol. The molecule has 35 heavy (non-hydrogen) atoms. The Morgan fingerprint density at radius 1 is 1.03 bits per heavy atom. The van der Waals surface area contributed by atoms with Gasteiger partial charge in [0.05, 0.1) is 17.9 Å². The Morgan fingerprint density at radius 2 is 1.74 bits per heavy atom. The van der Waals surface area contributed by atoms with Gasteiger partial charge in [-0.2, -0.15) is 5.10 Å². The van der Waals surface area contributed by atoms with Crippen molar-refractivity contribution in [2.24, 2.45) is 0 Å². The van der Waals surface area contributed by atoms with Gasteiger partial charge in [0.25, 0.3) is 5.91 Å². The van der Waals surface area contributed by atoms with Crippen LogP contribution in [0.3, 0.4) is 0 Å². The molecule has 1 N–H and O–H groups in total. The fourth-order valence-electron chi connectivity index (χ4n) is 4.04. The summed E-state index contributed by atoms with van der Waals surface area (Å²) in [5, 5.41) is 8.30. The highest BCUT2D eigenvalue weighted by Crippen LogP contribution is 2.24. The lowest BCUT2D eigenvalue weighted by atomic mass is 10.1. The van der Waals surface area contributed by atoms with Gasteiger partial charge in [-0.3, -0.25) is 14.5 Å². The number of aromatic nitrogens is 2. The molecule has 0 saturated carbocycles. The number of halogens is 1. The van der Waals surface area contributed by atoms with E-state index in [-0.39, 0.29) is 11.8 Å². The van der Waals surface area contributed by atoms with Gasteiger partial charge in [-0.15, -0.1) is 0 Å². The fraction of sp³-hybridized carbons (Fsp3) is 0.346. The summed E-state index contributed by atoms with van der Waals surface area (Å²) in [4.78, 5) is 29.6. The van der Waals surface area contributed by atoms with Gasteiger partial charge in [0.2, 0.25) is 5.91 Å². The number of carbonyl (C=O) groups is 2. The van der Waals surface area contributed by atoms with Crippen LogP contribution in [0.2, 0.25) is 5.02 Å². The Morgan fingerprint density at radius 3 is 2.43 bits per heavy atom. The zero-order valence-corrected chi connectivity index (χ0v) is 20.6. The van der Waals surface area contributed by atoms with Crippen molar-refractivity contribution < 1.29 is 14.3 Å². The monoisotopic (exact) mass is 495 g/mol. The number of para-hydroxylation sites is 1. The number of hydrogen-bond acceptors (Lipinski definition) is 5. The van der Waals surface area contributed by atoms with E-state index in [1.54, 1.807) is 11.8 Å². The summed E-state index contributed by atoms with van der Waals surface area (Å²) in [7, 11) is 1.65. The first-order valence-corrected chi connectivity index (χ1v) is 12.1. The second-order valence-electron chi connectivity index (χ2n) is 8.43. The minimum atomic E-state index is -0.0785. The van der Waals surface area contributed by atoms with Crippen molar-refractivity contribution in [2.75, 3.05) is 53.0 Å². The van der Waals surface area contributed by atoms with Crippen LogP contribution in [0, 0.1) is 0 Å². The van der Waals surface area contributed by atoms with Crippen LogP contribution < -0.4 is 5.32 Å². The summed E-state index contributed by atoms with van der Waals surface area (Å²) in [5.74, 6) is -0.0825. The number of rotatable bonds is 9. The van der Waals surface area contributed by atoms with Gasteiger partial charge < -0.3 is 15.0 Å². The molecule has 0 atom stereocenters. The zero-order valence-electron chi connectivity index (χ0n) is 19.8. The number of ether oxygens (including phenoxy) is 1. The van der Waals surface area contributed by atoms with E-state index in [0.29, 0.717) is 62.3 Å². The van der Waals surface area contributed by atoms with Gasteiger partial charge in [-0.1, -0.05) is 41.9 Å². The normalized spacial score (nSPS) is 14.2. The van der Waals surface area contributed by atoms with E-state index in [0.717, 1.165) is 17.7 Å². The summed E-state index contributed by atoms with van der Waals surface area (Å²) in [5.41, 5.74) is 2.92. The third kappa shape index (κ3) is 6.48. The number of amides is 2. The smallest absolute Gasteiger partial charge is 0.272 e. The van der Waals surface area contributed by atoms with Crippen LogP contribution in [0.4, 0.5) is 0 Å². The Kier molecular flexibility index (Phi) is 8.52. The lowest BCUT2D eigenvalue weighted by Gasteiger charge is -2.34. The van der Waals surface area contributed by atoms with Crippen LogP contribution in [0.5, 0.6) is 0 Å². The summed E-state index contributed by atoms with van der Waals surface area (Å²) < 4.78 is 6.70. The molecule has 1 saturated heterocycles. The minimum Gasteiger partial charge on any atom is -0.385 e. The highest BCUT2D eigenvalue weighted by atomic mass is 35.5. The Bertz CT molecular complexity index is 1130. The summed E-state index contributed by atoms with van der Waals surface area (Å²) in [6.45, 7) is 3.93. The molecule has 8 nitrogen and oxygen atoms in total. The zero-order chi connectivity index (χ0) is 24.6. The summed E-state index contributed by atoms with van der Waals surface area (Å²) in [6, 6.07) is 18.9. The molecule has 2 heterocycles. The molecule has 184 valence electrons. The van der Waals surface area contributed by atoms with Crippen molar-refractivity contribution in [3.8, 4) is 16.9 Å². The van der Waals surface area contributed by atoms with Crippen molar-refractivity contribution in [3.63, 3.8) is 0 Å². The molecule has 3 aromatic rings. The molecule has 1 aliphatic rings. The van der Waals surface area contributed by atoms with Crippen molar-refractivity contribution in [1.82, 2.24) is 24.9 Å². The van der Waals surface area contributed by atoms with Crippen LogP contribution in [-0.4, -0.2) is 84.4 Å². The molecule has 2 amide bonds. The first-order chi connectivity index (χ1) is 17.0. The van der Waals surface area contributed by atoms with Gasteiger partial charge in [-0.05, 0) is 36.8 Å². The van der Waals surface area contributed by atoms with Gasteiger partial charge in [0.15, 0.2) is 0 Å². The van der Waals surface area contributed by atoms with Crippen molar-refractivity contribution in [3.05, 3.63) is 71.4 Å². The number of nitrogens with zero attached hydrogens (tertiary/aromatic N) is 4. The van der Waals surface area contributed by atoms with E-state index in [2.05, 4.69) is 10.2 Å². The molecule has 9 heteroatoms. The Balaban J connectivity index is 1.44. The van der Waals surface area contributed by atoms with E-state index in [1.807, 2.05) is 65.6 Å². The predicted molar refractivity (Wildman–Crippen MR) is 136 cm³/mol. The number of methoxy groups -OCH3 is 1. The number of carbonyl (C=O) groups excluding carboxylic acids is 2. The van der Waals surface area contributed by atoms with Crippen molar-refractivity contribution in [1.29, 1.82) is 0 Å². The number of hydrogen-bond donors (Lipinski definition) is 1. The van der Waals surface area contributed by atoms with Gasteiger partial charge in [0, 0.05) is 57.0 Å².